The number of aryl methyl sites for hydroxylation is 2. The average Bonchev–Trinajstić information content (AvgIpc) is 2.19. The summed E-state index contributed by atoms with van der Waals surface area (Å²) in [6.07, 6.45) is 5.57. The molecule has 1 aromatic heterocycles. The van der Waals surface area contributed by atoms with Crippen LogP contribution in [0, 0.1) is 6.92 Å². The Balaban J connectivity index is 0.000000310. The number of unbranched alkanes of at least 4 members (excludes halogenated alkanes) is 1. The van der Waals surface area contributed by atoms with Gasteiger partial charge in [-0.2, -0.15) is 0 Å². The van der Waals surface area contributed by atoms with Crippen molar-refractivity contribution in [2.45, 2.75) is 47.0 Å². The third-order valence-corrected chi connectivity index (χ3v) is 1.83. The Morgan fingerprint density at radius 3 is 2.00 bits per heavy atom. The van der Waals surface area contributed by atoms with Crippen LogP contribution in [0.15, 0.2) is 18.3 Å². The normalized spacial score (nSPS) is 8.92. The summed E-state index contributed by atoms with van der Waals surface area (Å²) in [6, 6.07) is 4.15. The van der Waals surface area contributed by atoms with Gasteiger partial charge in [0.25, 0.3) is 0 Å². The maximum Gasteiger partial charge on any atom is 0.0401 e. The predicted octanol–water partition coefficient (Wildman–Crippen LogP) is 3.76. The van der Waals surface area contributed by atoms with Gasteiger partial charge in [-0.25, -0.2) is 0 Å². The van der Waals surface area contributed by atoms with Crippen molar-refractivity contribution in [2.75, 3.05) is 0 Å². The van der Waals surface area contributed by atoms with Gasteiger partial charge in [0.1, 0.15) is 0 Å². The monoisotopic (exact) mass is 179 g/mol. The van der Waals surface area contributed by atoms with Crippen LogP contribution in [0.4, 0.5) is 0 Å². The summed E-state index contributed by atoms with van der Waals surface area (Å²) in [4.78, 5) is 4.20. The maximum atomic E-state index is 4.20. The number of nitrogens with zero attached hydrogens (tertiary/aromatic N) is 1. The first-order valence-electron chi connectivity index (χ1n) is 5.16. The summed E-state index contributed by atoms with van der Waals surface area (Å²) < 4.78 is 0. The average molecular weight is 179 g/mol. The number of pyridine rings is 1. The van der Waals surface area contributed by atoms with E-state index in [4.69, 9.17) is 0 Å². The Kier molecular flexibility index (Phi) is 7.27. The van der Waals surface area contributed by atoms with Crippen molar-refractivity contribution in [3.63, 3.8) is 0 Å². The van der Waals surface area contributed by atoms with Crippen LogP contribution in [0.5, 0.6) is 0 Å². The molecule has 1 aromatic rings. The van der Waals surface area contributed by atoms with Gasteiger partial charge < -0.3 is 0 Å². The topological polar surface area (TPSA) is 12.9 Å². The smallest absolute Gasteiger partial charge is 0.0401 e. The van der Waals surface area contributed by atoms with Crippen LogP contribution in [0.25, 0.3) is 0 Å². The molecular weight excluding hydrogens is 158 g/mol. The molecule has 13 heavy (non-hydrogen) atoms. The molecule has 1 rings (SSSR count). The number of hydrogen-bond acceptors (Lipinski definition) is 1. The molecule has 0 aromatic carbocycles. The van der Waals surface area contributed by atoms with Crippen molar-refractivity contribution in [3.05, 3.63) is 29.6 Å². The minimum atomic E-state index is 1.03. The van der Waals surface area contributed by atoms with Gasteiger partial charge in [0.2, 0.25) is 0 Å². The standard InChI is InChI=1S/C8H11N.C4H10/c1-3-8-5-4-7(2)6-9-8;1-3-4-2/h4-6H,3H2,1-2H3;3-4H2,1-2H3. The van der Waals surface area contributed by atoms with Crippen molar-refractivity contribution in [3.8, 4) is 0 Å². The van der Waals surface area contributed by atoms with Crippen LogP contribution in [0.3, 0.4) is 0 Å². The van der Waals surface area contributed by atoms with E-state index in [0.717, 1.165) is 6.42 Å². The Bertz CT molecular complexity index is 199. The summed E-state index contributed by atoms with van der Waals surface area (Å²) in [5, 5.41) is 0. The van der Waals surface area contributed by atoms with E-state index in [1.807, 2.05) is 13.1 Å². The fourth-order valence-electron chi connectivity index (χ4n) is 0.708. The van der Waals surface area contributed by atoms with E-state index < -0.39 is 0 Å². The van der Waals surface area contributed by atoms with Gasteiger partial charge >= 0.3 is 0 Å². The zero-order valence-electron chi connectivity index (χ0n) is 9.30. The van der Waals surface area contributed by atoms with Gasteiger partial charge in [0.05, 0.1) is 0 Å². The summed E-state index contributed by atoms with van der Waals surface area (Å²) in [5.74, 6) is 0. The van der Waals surface area contributed by atoms with E-state index in [2.05, 4.69) is 37.9 Å². The molecule has 0 bridgehead atoms. The summed E-state index contributed by atoms with van der Waals surface area (Å²) in [5.41, 5.74) is 2.40. The molecule has 0 radical (unpaired) electrons. The Morgan fingerprint density at radius 2 is 1.69 bits per heavy atom. The van der Waals surface area contributed by atoms with Crippen molar-refractivity contribution in [2.24, 2.45) is 0 Å². The van der Waals surface area contributed by atoms with E-state index in [9.17, 15) is 0 Å². The molecule has 0 unspecified atom stereocenters. The SMILES string of the molecule is CCCC.CCc1ccc(C)cn1. The van der Waals surface area contributed by atoms with Crippen LogP contribution in [0.2, 0.25) is 0 Å². The molecule has 0 aliphatic carbocycles. The highest BCUT2D eigenvalue weighted by Crippen LogP contribution is 1.97. The molecule has 0 fully saturated rings. The minimum absolute atomic E-state index is 1.03. The Labute approximate surface area is 82.2 Å². The lowest BCUT2D eigenvalue weighted by Crippen LogP contribution is -1.84. The van der Waals surface area contributed by atoms with Gasteiger partial charge in [0, 0.05) is 11.9 Å². The first-order valence-corrected chi connectivity index (χ1v) is 5.16. The fourth-order valence-corrected chi connectivity index (χ4v) is 0.708. The van der Waals surface area contributed by atoms with Crippen molar-refractivity contribution in [1.82, 2.24) is 4.98 Å². The van der Waals surface area contributed by atoms with Gasteiger partial charge in [-0.3, -0.25) is 4.98 Å². The highest BCUT2D eigenvalue weighted by atomic mass is 14.7. The summed E-state index contributed by atoms with van der Waals surface area (Å²) >= 11 is 0. The molecule has 0 amide bonds. The molecule has 1 nitrogen and oxygen atoms in total. The predicted molar refractivity (Wildman–Crippen MR) is 58.9 cm³/mol. The quantitative estimate of drug-likeness (QED) is 0.673. The molecule has 0 aliphatic heterocycles. The second kappa shape index (κ2) is 7.78. The lowest BCUT2D eigenvalue weighted by molar-refractivity contribution is 0.886. The number of aromatic nitrogens is 1. The van der Waals surface area contributed by atoms with Crippen LogP contribution >= 0.6 is 0 Å². The van der Waals surface area contributed by atoms with Crippen LogP contribution in [-0.2, 0) is 6.42 Å². The minimum Gasteiger partial charge on any atom is -0.261 e. The third-order valence-electron chi connectivity index (χ3n) is 1.83. The first kappa shape index (κ1) is 12.2. The van der Waals surface area contributed by atoms with E-state index in [1.165, 1.54) is 24.1 Å². The molecular formula is C12H21N. The van der Waals surface area contributed by atoms with E-state index >= 15 is 0 Å². The Hall–Kier alpha value is -0.850. The molecule has 0 saturated heterocycles. The van der Waals surface area contributed by atoms with Crippen LogP contribution in [-0.4, -0.2) is 4.98 Å². The maximum absolute atomic E-state index is 4.20. The number of rotatable bonds is 2. The zero-order chi connectivity index (χ0) is 10.1. The lowest BCUT2D eigenvalue weighted by atomic mass is 10.2. The van der Waals surface area contributed by atoms with Crippen molar-refractivity contribution in [1.29, 1.82) is 0 Å². The molecule has 1 heterocycles. The molecule has 0 aliphatic rings. The first-order chi connectivity index (χ1) is 6.24. The third kappa shape index (κ3) is 6.32. The van der Waals surface area contributed by atoms with E-state index in [1.54, 1.807) is 0 Å². The summed E-state index contributed by atoms with van der Waals surface area (Å²) in [6.45, 7) is 8.52. The van der Waals surface area contributed by atoms with Crippen molar-refractivity contribution < 1.29 is 0 Å². The van der Waals surface area contributed by atoms with Crippen molar-refractivity contribution >= 4 is 0 Å². The molecule has 0 atom stereocenters. The van der Waals surface area contributed by atoms with Gasteiger partial charge in [-0.05, 0) is 25.0 Å². The Morgan fingerprint density at radius 1 is 1.08 bits per heavy atom. The second-order valence-corrected chi connectivity index (χ2v) is 3.18. The molecule has 1 heteroatoms. The van der Waals surface area contributed by atoms with Crippen LogP contribution < -0.4 is 0 Å². The fraction of sp³-hybridized carbons (Fsp3) is 0.583. The molecule has 0 N–H and O–H groups in total. The molecule has 0 saturated carbocycles. The highest BCUT2D eigenvalue weighted by Gasteiger charge is 1.86. The zero-order valence-corrected chi connectivity index (χ0v) is 9.30. The molecule has 0 spiro atoms. The lowest BCUT2D eigenvalue weighted by Gasteiger charge is -1.93. The highest BCUT2D eigenvalue weighted by molar-refractivity contribution is 5.11. The van der Waals surface area contributed by atoms with E-state index in [-0.39, 0.29) is 0 Å². The van der Waals surface area contributed by atoms with Crippen LogP contribution in [0.1, 0.15) is 44.9 Å². The van der Waals surface area contributed by atoms with Gasteiger partial charge in [-0.1, -0.05) is 39.7 Å². The second-order valence-electron chi connectivity index (χ2n) is 3.18. The largest absolute Gasteiger partial charge is 0.261 e. The van der Waals surface area contributed by atoms with Gasteiger partial charge in [0.15, 0.2) is 0 Å². The summed E-state index contributed by atoms with van der Waals surface area (Å²) in [7, 11) is 0. The van der Waals surface area contributed by atoms with E-state index in [0.29, 0.717) is 0 Å². The van der Waals surface area contributed by atoms with Gasteiger partial charge in [-0.15, -0.1) is 0 Å². The number of hydrogen-bond donors (Lipinski definition) is 0. The molecule has 74 valence electrons.